The predicted octanol–water partition coefficient (Wildman–Crippen LogP) is 3.66. The number of carbonyl (C=O) groups excluding carboxylic acids is 2. The lowest BCUT2D eigenvalue weighted by Gasteiger charge is -2.30. The molecular formula is C29H35N3O8. The van der Waals surface area contributed by atoms with E-state index in [1.54, 1.807) is 13.8 Å². The topological polar surface area (TPSA) is 149 Å². The van der Waals surface area contributed by atoms with Crippen molar-refractivity contribution >= 4 is 17.6 Å². The highest BCUT2D eigenvalue weighted by Gasteiger charge is 2.39. The Labute approximate surface area is 233 Å². The standard InChI is InChI=1S/C29H35N3O8/c1-18-25(28(34)38-3)27(26(19(2)31-18)29(35)39-4)22-16-21(32(36)37)12-13-24(22)40-15-9-8-14-30-17-23(33)20-10-6-5-7-11-20/h5-7,10-13,16,23,27,30-31,33H,8-9,14-15,17H2,1-4H3. The Balaban J connectivity index is 1.78. The normalized spacial score (nSPS) is 14.4. The molecule has 1 unspecified atom stereocenters. The number of nitro benzene ring substituents is 1. The average Bonchev–Trinajstić information content (AvgIpc) is 2.95. The Morgan fingerprint density at radius 2 is 1.65 bits per heavy atom. The summed E-state index contributed by atoms with van der Waals surface area (Å²) in [6, 6.07) is 13.5. The molecule has 0 radical (unpaired) electrons. The number of esters is 2. The summed E-state index contributed by atoms with van der Waals surface area (Å²) in [5.74, 6) is -2.10. The Hall–Kier alpha value is -4.22. The Morgan fingerprint density at radius 3 is 2.23 bits per heavy atom. The van der Waals surface area contributed by atoms with Crippen molar-refractivity contribution in [2.24, 2.45) is 0 Å². The number of hydrogen-bond donors (Lipinski definition) is 3. The molecule has 0 bridgehead atoms. The Kier molecular flexibility index (Phi) is 10.8. The maximum absolute atomic E-state index is 12.9. The first-order valence-electron chi connectivity index (χ1n) is 12.9. The summed E-state index contributed by atoms with van der Waals surface area (Å²) >= 11 is 0. The zero-order valence-electron chi connectivity index (χ0n) is 23.1. The first-order valence-corrected chi connectivity index (χ1v) is 12.9. The molecule has 0 saturated carbocycles. The van der Waals surface area contributed by atoms with E-state index in [9.17, 15) is 24.8 Å². The maximum atomic E-state index is 12.9. The molecule has 2 aromatic rings. The van der Waals surface area contributed by atoms with Gasteiger partial charge in [-0.2, -0.15) is 0 Å². The highest BCUT2D eigenvalue weighted by atomic mass is 16.6. The van der Waals surface area contributed by atoms with Crippen LogP contribution in [0.2, 0.25) is 0 Å². The van der Waals surface area contributed by atoms with Gasteiger partial charge in [0.25, 0.3) is 5.69 Å². The van der Waals surface area contributed by atoms with Crippen molar-refractivity contribution in [2.75, 3.05) is 33.9 Å². The summed E-state index contributed by atoms with van der Waals surface area (Å²) in [6.07, 6.45) is 0.788. The van der Waals surface area contributed by atoms with Crippen molar-refractivity contribution in [1.82, 2.24) is 10.6 Å². The van der Waals surface area contributed by atoms with Crippen LogP contribution in [-0.4, -0.2) is 55.9 Å². The van der Waals surface area contributed by atoms with E-state index in [-0.39, 0.29) is 29.0 Å². The third-order valence-corrected chi connectivity index (χ3v) is 6.61. The van der Waals surface area contributed by atoms with E-state index in [0.717, 1.165) is 12.0 Å². The van der Waals surface area contributed by atoms with Crippen molar-refractivity contribution < 1.29 is 33.8 Å². The summed E-state index contributed by atoms with van der Waals surface area (Å²) < 4.78 is 16.0. The van der Waals surface area contributed by atoms with Crippen LogP contribution in [0.3, 0.4) is 0 Å². The molecular weight excluding hydrogens is 518 g/mol. The molecule has 1 aliphatic heterocycles. The molecule has 11 heteroatoms. The summed E-state index contributed by atoms with van der Waals surface area (Å²) in [7, 11) is 2.45. The predicted molar refractivity (Wildman–Crippen MR) is 147 cm³/mol. The molecule has 2 aromatic carbocycles. The lowest BCUT2D eigenvalue weighted by molar-refractivity contribution is -0.384. The largest absolute Gasteiger partial charge is 0.493 e. The molecule has 0 amide bonds. The van der Waals surface area contributed by atoms with Crippen LogP contribution in [0.1, 0.15) is 49.8 Å². The lowest BCUT2D eigenvalue weighted by atomic mass is 9.80. The molecule has 1 heterocycles. The number of rotatable bonds is 13. The number of ether oxygens (including phenoxy) is 3. The molecule has 0 fully saturated rings. The average molecular weight is 554 g/mol. The minimum Gasteiger partial charge on any atom is -0.493 e. The first kappa shape index (κ1) is 30.3. The monoisotopic (exact) mass is 553 g/mol. The number of methoxy groups -OCH3 is 2. The molecule has 11 nitrogen and oxygen atoms in total. The highest BCUT2D eigenvalue weighted by Crippen LogP contribution is 2.44. The molecule has 0 saturated heterocycles. The highest BCUT2D eigenvalue weighted by molar-refractivity contribution is 6.00. The third kappa shape index (κ3) is 7.25. The third-order valence-electron chi connectivity index (χ3n) is 6.61. The van der Waals surface area contributed by atoms with E-state index < -0.39 is 28.9 Å². The number of aliphatic hydroxyl groups excluding tert-OH is 1. The summed E-state index contributed by atoms with van der Waals surface area (Å²) in [6.45, 7) is 4.67. The maximum Gasteiger partial charge on any atom is 0.336 e. The number of unbranched alkanes of at least 4 members (excludes halogenated alkanes) is 1. The van der Waals surface area contributed by atoms with Gasteiger partial charge < -0.3 is 30.0 Å². The molecule has 0 aliphatic carbocycles. The van der Waals surface area contributed by atoms with Crippen LogP contribution in [0.5, 0.6) is 5.75 Å². The second-order valence-electron chi connectivity index (χ2n) is 9.28. The number of hydrogen-bond acceptors (Lipinski definition) is 10. The van der Waals surface area contributed by atoms with Crippen LogP contribution in [0.15, 0.2) is 71.1 Å². The van der Waals surface area contributed by atoms with E-state index in [1.165, 1.54) is 32.4 Å². The fourth-order valence-corrected chi connectivity index (χ4v) is 4.64. The molecule has 1 aliphatic rings. The number of nitrogens with zero attached hydrogens (tertiary/aromatic N) is 1. The second-order valence-corrected chi connectivity index (χ2v) is 9.28. The van der Waals surface area contributed by atoms with E-state index in [2.05, 4.69) is 10.6 Å². The van der Waals surface area contributed by atoms with Crippen molar-refractivity contribution in [2.45, 2.75) is 38.7 Å². The minimum atomic E-state index is -1.02. The van der Waals surface area contributed by atoms with Crippen molar-refractivity contribution in [3.8, 4) is 5.75 Å². The smallest absolute Gasteiger partial charge is 0.336 e. The van der Waals surface area contributed by atoms with Gasteiger partial charge in [0.05, 0.1) is 48.9 Å². The Bertz CT molecular complexity index is 1250. The number of nitro groups is 1. The molecule has 3 N–H and O–H groups in total. The fourth-order valence-electron chi connectivity index (χ4n) is 4.64. The fraction of sp³-hybridized carbons (Fsp3) is 0.379. The van der Waals surface area contributed by atoms with Gasteiger partial charge in [-0.1, -0.05) is 30.3 Å². The lowest BCUT2D eigenvalue weighted by Crippen LogP contribution is -2.32. The zero-order valence-corrected chi connectivity index (χ0v) is 23.1. The van der Waals surface area contributed by atoms with E-state index in [0.29, 0.717) is 36.7 Å². The number of non-ortho nitro benzene ring substituents is 1. The van der Waals surface area contributed by atoms with Crippen LogP contribution in [0.4, 0.5) is 5.69 Å². The molecule has 1 atom stereocenters. The zero-order chi connectivity index (χ0) is 29.2. The van der Waals surface area contributed by atoms with Gasteiger partial charge in [-0.3, -0.25) is 10.1 Å². The van der Waals surface area contributed by atoms with Crippen LogP contribution >= 0.6 is 0 Å². The number of dihydropyridines is 1. The number of aliphatic hydroxyl groups is 1. The van der Waals surface area contributed by atoms with Crippen LogP contribution in [-0.2, 0) is 19.1 Å². The SMILES string of the molecule is COC(=O)C1=C(C)NC(C)=C(C(=O)OC)C1c1cc([N+](=O)[O-])ccc1OCCCCNCC(O)c1ccccc1. The number of carbonyl (C=O) groups is 2. The van der Waals surface area contributed by atoms with Gasteiger partial charge in [0.15, 0.2) is 0 Å². The Morgan fingerprint density at radius 1 is 1.02 bits per heavy atom. The minimum absolute atomic E-state index is 0.125. The van der Waals surface area contributed by atoms with Gasteiger partial charge in [0.2, 0.25) is 0 Å². The van der Waals surface area contributed by atoms with Crippen LogP contribution in [0.25, 0.3) is 0 Å². The van der Waals surface area contributed by atoms with Gasteiger partial charge >= 0.3 is 11.9 Å². The number of nitrogens with one attached hydrogen (secondary N) is 2. The molecule has 0 aromatic heterocycles. The quantitative estimate of drug-likeness (QED) is 0.145. The molecule has 3 rings (SSSR count). The van der Waals surface area contributed by atoms with Crippen molar-refractivity contribution in [3.63, 3.8) is 0 Å². The van der Waals surface area contributed by atoms with E-state index in [4.69, 9.17) is 14.2 Å². The van der Waals surface area contributed by atoms with E-state index in [1.807, 2.05) is 30.3 Å². The molecule has 0 spiro atoms. The van der Waals surface area contributed by atoms with Crippen molar-refractivity contribution in [1.29, 1.82) is 0 Å². The van der Waals surface area contributed by atoms with Gasteiger partial charge in [0, 0.05) is 35.6 Å². The van der Waals surface area contributed by atoms with Gasteiger partial charge in [0.1, 0.15) is 5.75 Å². The van der Waals surface area contributed by atoms with Gasteiger partial charge in [-0.05, 0) is 44.9 Å². The molecule has 40 heavy (non-hydrogen) atoms. The van der Waals surface area contributed by atoms with Gasteiger partial charge in [-0.15, -0.1) is 0 Å². The molecule has 214 valence electrons. The van der Waals surface area contributed by atoms with E-state index >= 15 is 0 Å². The van der Waals surface area contributed by atoms with Crippen LogP contribution in [0, 0.1) is 10.1 Å². The number of benzene rings is 2. The van der Waals surface area contributed by atoms with Gasteiger partial charge in [-0.25, -0.2) is 9.59 Å². The first-order chi connectivity index (χ1) is 19.2. The summed E-state index contributed by atoms with van der Waals surface area (Å²) in [5, 5.41) is 28.1. The summed E-state index contributed by atoms with van der Waals surface area (Å²) in [4.78, 5) is 36.8. The van der Waals surface area contributed by atoms with Crippen LogP contribution < -0.4 is 15.4 Å². The second kappa shape index (κ2) is 14.2. The summed E-state index contributed by atoms with van der Waals surface area (Å²) in [5.41, 5.74) is 2.05. The van der Waals surface area contributed by atoms with Crippen molar-refractivity contribution in [3.05, 3.63) is 92.3 Å². The number of allylic oxidation sites excluding steroid dienone is 2.